The van der Waals surface area contributed by atoms with E-state index in [1.165, 1.54) is 32.1 Å². The number of rotatable bonds is 5. The summed E-state index contributed by atoms with van der Waals surface area (Å²) in [5.41, 5.74) is 1.42. The Labute approximate surface area is 121 Å². The van der Waals surface area contributed by atoms with Crippen LogP contribution in [0.5, 0.6) is 0 Å². The van der Waals surface area contributed by atoms with Crippen LogP contribution in [-0.2, 0) is 0 Å². The summed E-state index contributed by atoms with van der Waals surface area (Å²) in [5.74, 6) is 0.583. The van der Waals surface area contributed by atoms with Gasteiger partial charge < -0.3 is 10.6 Å². The maximum atomic E-state index is 12.3. The van der Waals surface area contributed by atoms with Crippen molar-refractivity contribution >= 4 is 11.6 Å². The molecule has 0 aromatic carbocycles. The van der Waals surface area contributed by atoms with Crippen molar-refractivity contribution in [3.63, 3.8) is 0 Å². The molecule has 2 rings (SSSR count). The molecule has 1 unspecified atom stereocenters. The van der Waals surface area contributed by atoms with Gasteiger partial charge in [-0.2, -0.15) is 0 Å². The fourth-order valence-corrected chi connectivity index (χ4v) is 3.01. The first-order valence-corrected chi connectivity index (χ1v) is 7.69. The second kappa shape index (κ2) is 7.27. The number of pyridine rings is 1. The SMILES string of the molecule is CCC(NC(=O)c1ccc(NC)cn1)C1CCCCC1. The fourth-order valence-electron chi connectivity index (χ4n) is 3.01. The predicted octanol–water partition coefficient (Wildman–Crippen LogP) is 3.21. The summed E-state index contributed by atoms with van der Waals surface area (Å²) in [6, 6.07) is 3.94. The Balaban J connectivity index is 1.96. The van der Waals surface area contributed by atoms with Crippen LogP contribution in [0, 0.1) is 5.92 Å². The number of amides is 1. The average molecular weight is 275 g/mol. The van der Waals surface area contributed by atoms with Gasteiger partial charge in [-0.15, -0.1) is 0 Å². The van der Waals surface area contributed by atoms with E-state index in [1.54, 1.807) is 12.3 Å². The molecule has 4 heteroatoms. The van der Waals surface area contributed by atoms with Gasteiger partial charge in [-0.25, -0.2) is 4.98 Å². The van der Waals surface area contributed by atoms with Gasteiger partial charge in [0.05, 0.1) is 11.9 Å². The minimum atomic E-state index is -0.0509. The van der Waals surface area contributed by atoms with Crippen molar-refractivity contribution < 1.29 is 4.79 Å². The highest BCUT2D eigenvalue weighted by molar-refractivity contribution is 5.92. The molecule has 1 saturated carbocycles. The molecule has 1 amide bonds. The van der Waals surface area contributed by atoms with E-state index in [0.29, 0.717) is 11.6 Å². The Hall–Kier alpha value is -1.58. The summed E-state index contributed by atoms with van der Waals surface area (Å²) in [4.78, 5) is 16.5. The molecule has 110 valence electrons. The Morgan fingerprint density at radius 1 is 1.35 bits per heavy atom. The fraction of sp³-hybridized carbons (Fsp3) is 0.625. The smallest absolute Gasteiger partial charge is 0.270 e. The highest BCUT2D eigenvalue weighted by Crippen LogP contribution is 2.27. The van der Waals surface area contributed by atoms with E-state index in [9.17, 15) is 4.79 Å². The molecule has 0 bridgehead atoms. The number of hydrogen-bond donors (Lipinski definition) is 2. The number of carbonyl (C=O) groups is 1. The average Bonchev–Trinajstić information content (AvgIpc) is 2.53. The van der Waals surface area contributed by atoms with Crippen LogP contribution in [0.3, 0.4) is 0 Å². The number of hydrogen-bond acceptors (Lipinski definition) is 3. The molecule has 1 aromatic rings. The molecule has 1 atom stereocenters. The van der Waals surface area contributed by atoms with Gasteiger partial charge in [0.15, 0.2) is 0 Å². The Morgan fingerprint density at radius 3 is 2.65 bits per heavy atom. The summed E-state index contributed by atoms with van der Waals surface area (Å²) >= 11 is 0. The van der Waals surface area contributed by atoms with Crippen LogP contribution in [0.25, 0.3) is 0 Å². The van der Waals surface area contributed by atoms with E-state index >= 15 is 0 Å². The quantitative estimate of drug-likeness (QED) is 0.867. The second-order valence-corrected chi connectivity index (χ2v) is 5.57. The first-order valence-electron chi connectivity index (χ1n) is 7.69. The van der Waals surface area contributed by atoms with Gasteiger partial charge in [0.25, 0.3) is 5.91 Å². The molecular formula is C16H25N3O. The zero-order valence-corrected chi connectivity index (χ0v) is 12.5. The highest BCUT2D eigenvalue weighted by Gasteiger charge is 2.24. The molecule has 0 aliphatic heterocycles. The van der Waals surface area contributed by atoms with Crippen molar-refractivity contribution in [3.05, 3.63) is 24.0 Å². The summed E-state index contributed by atoms with van der Waals surface area (Å²) in [6.07, 6.45) is 9.10. The Kier molecular flexibility index (Phi) is 5.39. The van der Waals surface area contributed by atoms with E-state index in [4.69, 9.17) is 0 Å². The minimum Gasteiger partial charge on any atom is -0.387 e. The third kappa shape index (κ3) is 3.71. The lowest BCUT2D eigenvalue weighted by molar-refractivity contribution is 0.0906. The molecule has 1 aliphatic carbocycles. The zero-order chi connectivity index (χ0) is 14.4. The second-order valence-electron chi connectivity index (χ2n) is 5.57. The zero-order valence-electron chi connectivity index (χ0n) is 12.5. The lowest BCUT2D eigenvalue weighted by atomic mass is 9.83. The van der Waals surface area contributed by atoms with Gasteiger partial charge >= 0.3 is 0 Å². The number of anilines is 1. The molecular weight excluding hydrogens is 250 g/mol. The standard InChI is InChI=1S/C16H25N3O/c1-3-14(12-7-5-4-6-8-12)19-16(20)15-10-9-13(17-2)11-18-15/h9-12,14,17H,3-8H2,1-2H3,(H,19,20). The molecule has 1 aliphatic rings. The van der Waals surface area contributed by atoms with Crippen LogP contribution in [0.1, 0.15) is 55.9 Å². The summed E-state index contributed by atoms with van der Waals surface area (Å²) < 4.78 is 0. The van der Waals surface area contributed by atoms with Crippen LogP contribution in [-0.4, -0.2) is 24.0 Å². The van der Waals surface area contributed by atoms with Crippen molar-refractivity contribution in [3.8, 4) is 0 Å². The maximum absolute atomic E-state index is 12.3. The Morgan fingerprint density at radius 2 is 2.10 bits per heavy atom. The van der Waals surface area contributed by atoms with Crippen LogP contribution in [0.15, 0.2) is 18.3 Å². The molecule has 1 aromatic heterocycles. The summed E-state index contributed by atoms with van der Waals surface area (Å²) in [7, 11) is 1.84. The molecule has 20 heavy (non-hydrogen) atoms. The van der Waals surface area contributed by atoms with Gasteiger partial charge in [-0.1, -0.05) is 26.2 Å². The highest BCUT2D eigenvalue weighted by atomic mass is 16.1. The van der Waals surface area contributed by atoms with Crippen LogP contribution < -0.4 is 10.6 Å². The Bertz CT molecular complexity index is 424. The molecule has 0 saturated heterocycles. The summed E-state index contributed by atoms with van der Waals surface area (Å²) in [6.45, 7) is 2.15. The maximum Gasteiger partial charge on any atom is 0.270 e. The number of nitrogens with zero attached hydrogens (tertiary/aromatic N) is 1. The van der Waals surface area contributed by atoms with E-state index in [2.05, 4.69) is 22.5 Å². The monoisotopic (exact) mass is 275 g/mol. The third-order valence-electron chi connectivity index (χ3n) is 4.26. The summed E-state index contributed by atoms with van der Waals surface area (Å²) in [5, 5.41) is 6.17. The molecule has 0 radical (unpaired) electrons. The molecule has 1 fully saturated rings. The van der Waals surface area contributed by atoms with Gasteiger partial charge in [0.2, 0.25) is 0 Å². The van der Waals surface area contributed by atoms with Gasteiger partial charge in [0.1, 0.15) is 5.69 Å². The normalized spacial score (nSPS) is 17.5. The van der Waals surface area contributed by atoms with Crippen molar-refractivity contribution in [2.24, 2.45) is 5.92 Å². The number of aromatic nitrogens is 1. The van der Waals surface area contributed by atoms with Gasteiger partial charge in [0, 0.05) is 13.1 Å². The molecule has 1 heterocycles. The molecule has 4 nitrogen and oxygen atoms in total. The van der Waals surface area contributed by atoms with Crippen molar-refractivity contribution in [2.75, 3.05) is 12.4 Å². The van der Waals surface area contributed by atoms with E-state index in [1.807, 2.05) is 13.1 Å². The van der Waals surface area contributed by atoms with Crippen LogP contribution >= 0.6 is 0 Å². The third-order valence-corrected chi connectivity index (χ3v) is 4.26. The lowest BCUT2D eigenvalue weighted by Crippen LogP contribution is -2.40. The lowest BCUT2D eigenvalue weighted by Gasteiger charge is -2.30. The number of nitrogens with one attached hydrogen (secondary N) is 2. The minimum absolute atomic E-state index is 0.0509. The van der Waals surface area contributed by atoms with Crippen molar-refractivity contribution in [2.45, 2.75) is 51.5 Å². The molecule has 0 spiro atoms. The van der Waals surface area contributed by atoms with Crippen molar-refractivity contribution in [1.82, 2.24) is 10.3 Å². The number of carbonyl (C=O) groups excluding carboxylic acids is 1. The predicted molar refractivity (Wildman–Crippen MR) is 81.9 cm³/mol. The van der Waals surface area contributed by atoms with Crippen molar-refractivity contribution in [1.29, 1.82) is 0 Å². The van der Waals surface area contributed by atoms with Crippen LogP contribution in [0.4, 0.5) is 5.69 Å². The van der Waals surface area contributed by atoms with Gasteiger partial charge in [-0.05, 0) is 37.3 Å². The van der Waals surface area contributed by atoms with E-state index in [0.717, 1.165) is 12.1 Å². The first-order chi connectivity index (χ1) is 9.74. The largest absolute Gasteiger partial charge is 0.387 e. The van der Waals surface area contributed by atoms with E-state index in [-0.39, 0.29) is 11.9 Å². The first kappa shape index (κ1) is 14.8. The van der Waals surface area contributed by atoms with Crippen LogP contribution in [0.2, 0.25) is 0 Å². The topological polar surface area (TPSA) is 54.0 Å². The van der Waals surface area contributed by atoms with E-state index < -0.39 is 0 Å². The molecule has 2 N–H and O–H groups in total. The van der Waals surface area contributed by atoms with Gasteiger partial charge in [-0.3, -0.25) is 4.79 Å².